The topological polar surface area (TPSA) is 90.1 Å². The number of halogens is 1. The fraction of sp³-hybridized carbons (Fsp3) is 0. The molecule has 4 aromatic rings. The minimum Gasteiger partial charge on any atom is -0.361 e. The maximum absolute atomic E-state index is 12.4. The van der Waals surface area contributed by atoms with Crippen LogP contribution in [0.4, 0.5) is 0 Å². The number of hydrazone groups is 1. The number of aromatic nitrogens is 2. The number of nitrogens with one attached hydrogen (secondary N) is 3. The lowest BCUT2D eigenvalue weighted by molar-refractivity contribution is -0.116. The van der Waals surface area contributed by atoms with Crippen molar-refractivity contribution in [3.05, 3.63) is 70.5 Å². The molecule has 0 bridgehead atoms. The van der Waals surface area contributed by atoms with Crippen LogP contribution in [0.5, 0.6) is 0 Å². The fourth-order valence-electron chi connectivity index (χ4n) is 2.81. The number of rotatable bonds is 4. The number of nitrogens with zero attached hydrogens (tertiary/aromatic N) is 1. The summed E-state index contributed by atoms with van der Waals surface area (Å²) in [5, 5.41) is 5.58. The van der Waals surface area contributed by atoms with Crippen molar-refractivity contribution in [2.75, 3.05) is 0 Å². The van der Waals surface area contributed by atoms with Crippen molar-refractivity contribution in [2.24, 2.45) is 5.10 Å². The molecule has 6 nitrogen and oxygen atoms in total. The molecule has 0 aliphatic heterocycles. The van der Waals surface area contributed by atoms with Crippen LogP contribution in [0.3, 0.4) is 0 Å². The van der Waals surface area contributed by atoms with Crippen molar-refractivity contribution in [2.45, 2.75) is 0 Å². The van der Waals surface area contributed by atoms with E-state index >= 15 is 0 Å². The summed E-state index contributed by atoms with van der Waals surface area (Å²) < 4.78 is 0.942. The number of fused-ring (bicyclic) bond motifs is 2. The molecule has 0 aliphatic rings. The van der Waals surface area contributed by atoms with Crippen LogP contribution in [0.15, 0.2) is 64.4 Å². The van der Waals surface area contributed by atoms with E-state index in [2.05, 4.69) is 36.4 Å². The molecule has 128 valence electrons. The van der Waals surface area contributed by atoms with E-state index in [4.69, 9.17) is 0 Å². The van der Waals surface area contributed by atoms with Gasteiger partial charge in [-0.15, -0.1) is 0 Å². The van der Waals surface area contributed by atoms with Gasteiger partial charge in [0.05, 0.1) is 11.8 Å². The van der Waals surface area contributed by atoms with Gasteiger partial charge in [0.25, 0.3) is 5.78 Å². The number of Topliss-reactive ketones (excluding diaryl/α,β-unsaturated/α-hetero) is 1. The fourth-order valence-corrected chi connectivity index (χ4v) is 3.18. The summed E-state index contributed by atoms with van der Waals surface area (Å²) in [5.74, 6) is -1.42. The van der Waals surface area contributed by atoms with Crippen molar-refractivity contribution >= 4 is 55.6 Å². The van der Waals surface area contributed by atoms with Crippen LogP contribution >= 0.6 is 15.9 Å². The second kappa shape index (κ2) is 6.61. The molecular weight excluding hydrogens is 396 g/mol. The predicted molar refractivity (Wildman–Crippen MR) is 104 cm³/mol. The van der Waals surface area contributed by atoms with Gasteiger partial charge in [-0.25, -0.2) is 5.43 Å². The van der Waals surface area contributed by atoms with Crippen molar-refractivity contribution in [1.29, 1.82) is 0 Å². The molecule has 1 amide bonds. The Hall–Kier alpha value is -3.19. The van der Waals surface area contributed by atoms with Gasteiger partial charge >= 0.3 is 5.91 Å². The first-order chi connectivity index (χ1) is 12.6. The summed E-state index contributed by atoms with van der Waals surface area (Å²) in [7, 11) is 0. The number of benzene rings is 2. The molecule has 0 spiro atoms. The van der Waals surface area contributed by atoms with Gasteiger partial charge < -0.3 is 9.97 Å². The Balaban J connectivity index is 1.52. The van der Waals surface area contributed by atoms with Crippen LogP contribution < -0.4 is 5.43 Å². The number of para-hydroxylation sites is 1. The molecule has 0 aliphatic carbocycles. The zero-order valence-corrected chi connectivity index (χ0v) is 15.0. The average Bonchev–Trinajstić information content (AvgIpc) is 3.25. The Morgan fingerprint density at radius 2 is 1.77 bits per heavy atom. The van der Waals surface area contributed by atoms with Crippen LogP contribution in [0.2, 0.25) is 0 Å². The molecule has 4 rings (SSSR count). The monoisotopic (exact) mass is 408 g/mol. The summed E-state index contributed by atoms with van der Waals surface area (Å²) in [6, 6.07) is 13.1. The molecule has 0 fully saturated rings. The van der Waals surface area contributed by atoms with Gasteiger partial charge in [0, 0.05) is 44.2 Å². The summed E-state index contributed by atoms with van der Waals surface area (Å²) in [6.45, 7) is 0. The highest BCUT2D eigenvalue weighted by Crippen LogP contribution is 2.21. The molecule has 0 saturated carbocycles. The molecule has 0 atom stereocenters. The average molecular weight is 409 g/mol. The number of hydrogen-bond donors (Lipinski definition) is 3. The molecule has 0 unspecified atom stereocenters. The number of aromatic amines is 2. The third-order valence-electron chi connectivity index (χ3n) is 4.09. The van der Waals surface area contributed by atoms with Gasteiger partial charge in [0.2, 0.25) is 0 Å². The van der Waals surface area contributed by atoms with E-state index in [0.29, 0.717) is 10.9 Å². The number of H-pyrrole nitrogens is 2. The van der Waals surface area contributed by atoms with Gasteiger partial charge in [-0.1, -0.05) is 34.1 Å². The molecule has 7 heteroatoms. The van der Waals surface area contributed by atoms with E-state index in [9.17, 15) is 9.59 Å². The molecule has 26 heavy (non-hydrogen) atoms. The normalized spacial score (nSPS) is 11.4. The number of carbonyl (C=O) groups is 2. The highest BCUT2D eigenvalue weighted by molar-refractivity contribution is 9.10. The Labute approximate surface area is 156 Å². The Bertz CT molecular complexity index is 1170. The zero-order valence-electron chi connectivity index (χ0n) is 13.4. The molecular formula is C19H13BrN4O2. The van der Waals surface area contributed by atoms with Crippen molar-refractivity contribution in [3.63, 3.8) is 0 Å². The first-order valence-corrected chi connectivity index (χ1v) is 8.63. The van der Waals surface area contributed by atoms with E-state index < -0.39 is 11.7 Å². The quantitative estimate of drug-likeness (QED) is 0.207. The third kappa shape index (κ3) is 2.93. The van der Waals surface area contributed by atoms with Gasteiger partial charge in [-0.2, -0.15) is 5.10 Å². The van der Waals surface area contributed by atoms with Crippen LogP contribution in [0.1, 0.15) is 15.9 Å². The van der Waals surface area contributed by atoms with Gasteiger partial charge in [0.1, 0.15) is 0 Å². The van der Waals surface area contributed by atoms with Crippen LogP contribution in [0.25, 0.3) is 21.8 Å². The highest BCUT2D eigenvalue weighted by Gasteiger charge is 2.19. The third-order valence-corrected chi connectivity index (χ3v) is 4.58. The molecule has 3 N–H and O–H groups in total. The van der Waals surface area contributed by atoms with Gasteiger partial charge in [-0.3, -0.25) is 9.59 Å². The second-order valence-corrected chi connectivity index (χ2v) is 6.63. The van der Waals surface area contributed by atoms with E-state index in [0.717, 1.165) is 26.5 Å². The van der Waals surface area contributed by atoms with Crippen molar-refractivity contribution in [1.82, 2.24) is 15.4 Å². The Kier molecular flexibility index (Phi) is 4.14. The highest BCUT2D eigenvalue weighted by atomic mass is 79.9. The lowest BCUT2D eigenvalue weighted by atomic mass is 10.1. The zero-order chi connectivity index (χ0) is 18.1. The van der Waals surface area contributed by atoms with Crippen LogP contribution in [0, 0.1) is 0 Å². The lowest BCUT2D eigenvalue weighted by Crippen LogP contribution is -2.27. The predicted octanol–water partition coefficient (Wildman–Crippen LogP) is 3.74. The summed E-state index contributed by atoms with van der Waals surface area (Å²) >= 11 is 3.43. The number of carbonyl (C=O) groups excluding carboxylic acids is 2. The summed E-state index contributed by atoms with van der Waals surface area (Å²) in [6.07, 6.45) is 4.83. The van der Waals surface area contributed by atoms with E-state index in [1.54, 1.807) is 12.3 Å². The SMILES string of the molecule is O=C(N/N=C/c1c[nH]c2ccc(Br)cc12)C(=O)c1c[nH]c2ccccc12. The van der Waals surface area contributed by atoms with Gasteiger partial charge in [-0.05, 0) is 24.3 Å². The van der Waals surface area contributed by atoms with Gasteiger partial charge in [0.15, 0.2) is 0 Å². The van der Waals surface area contributed by atoms with E-state index in [1.165, 1.54) is 12.4 Å². The minimum atomic E-state index is -0.785. The first-order valence-electron chi connectivity index (χ1n) is 7.84. The smallest absolute Gasteiger partial charge is 0.312 e. The number of ketones is 1. The van der Waals surface area contributed by atoms with Crippen molar-refractivity contribution in [3.8, 4) is 0 Å². The van der Waals surface area contributed by atoms with E-state index in [-0.39, 0.29) is 0 Å². The molecule has 0 saturated heterocycles. The van der Waals surface area contributed by atoms with E-state index in [1.807, 2.05) is 36.4 Å². The minimum absolute atomic E-state index is 0.323. The molecule has 2 heterocycles. The standard InChI is InChI=1S/C19H13BrN4O2/c20-12-5-6-17-14(7-12)11(8-21-17)9-23-24-19(26)18(25)15-10-22-16-4-2-1-3-13(15)16/h1-10,21-22H,(H,24,26)/b23-9+. The second-order valence-electron chi connectivity index (χ2n) is 5.71. The Morgan fingerprint density at radius 3 is 2.65 bits per heavy atom. The summed E-state index contributed by atoms with van der Waals surface area (Å²) in [5.41, 5.74) is 5.18. The largest absolute Gasteiger partial charge is 0.361 e. The van der Waals surface area contributed by atoms with Crippen molar-refractivity contribution < 1.29 is 9.59 Å². The molecule has 2 aromatic heterocycles. The summed E-state index contributed by atoms with van der Waals surface area (Å²) in [4.78, 5) is 30.6. The van der Waals surface area contributed by atoms with Crippen LogP contribution in [-0.2, 0) is 4.79 Å². The maximum Gasteiger partial charge on any atom is 0.312 e. The molecule has 2 aromatic carbocycles. The Morgan fingerprint density at radius 1 is 1.00 bits per heavy atom. The molecule has 0 radical (unpaired) electrons. The lowest BCUT2D eigenvalue weighted by Gasteiger charge is -1.98. The first kappa shape index (κ1) is 16.3. The maximum atomic E-state index is 12.4. The number of hydrogen-bond acceptors (Lipinski definition) is 3. The van der Waals surface area contributed by atoms with Crippen LogP contribution in [-0.4, -0.2) is 27.9 Å². The number of amides is 1.